The fraction of sp³-hybridized carbons (Fsp3) is 0.318. The molecule has 2 aromatic carbocycles. The van der Waals surface area contributed by atoms with Crippen molar-refractivity contribution in [2.75, 3.05) is 10.7 Å². The van der Waals surface area contributed by atoms with Gasteiger partial charge in [0.25, 0.3) is 5.91 Å². The summed E-state index contributed by atoms with van der Waals surface area (Å²) in [6.07, 6.45) is 1.63. The van der Waals surface area contributed by atoms with Crippen molar-refractivity contribution in [3.05, 3.63) is 70.6 Å². The van der Waals surface area contributed by atoms with Crippen LogP contribution in [0.3, 0.4) is 0 Å². The number of aryl methyl sites for hydroxylation is 2. The van der Waals surface area contributed by atoms with E-state index in [0.717, 1.165) is 11.1 Å². The molecule has 1 atom stereocenters. The maximum Gasteiger partial charge on any atom is 0.258 e. The van der Waals surface area contributed by atoms with E-state index in [9.17, 15) is 13.2 Å². The molecule has 5 nitrogen and oxygen atoms in total. The van der Waals surface area contributed by atoms with E-state index in [4.69, 9.17) is 4.74 Å². The fourth-order valence-electron chi connectivity index (χ4n) is 3.14. The molecule has 0 aromatic heterocycles. The normalized spacial score (nSPS) is 17.7. The second-order valence-electron chi connectivity index (χ2n) is 7.36. The molecular weight excluding hydrogens is 374 g/mol. The Morgan fingerprint density at radius 1 is 1.07 bits per heavy atom. The van der Waals surface area contributed by atoms with Gasteiger partial charge in [0, 0.05) is 16.7 Å². The number of amides is 1. The zero-order valence-corrected chi connectivity index (χ0v) is 17.4. The Morgan fingerprint density at radius 2 is 1.75 bits per heavy atom. The minimum Gasteiger partial charge on any atom is -0.491 e. The van der Waals surface area contributed by atoms with E-state index in [1.807, 2.05) is 45.9 Å². The zero-order valence-electron chi connectivity index (χ0n) is 16.5. The van der Waals surface area contributed by atoms with Crippen molar-refractivity contribution in [2.24, 2.45) is 0 Å². The Balaban J connectivity index is 1.97. The summed E-state index contributed by atoms with van der Waals surface area (Å²) in [4.78, 5) is 14.9. The first-order chi connectivity index (χ1) is 13.2. The lowest BCUT2D eigenvalue weighted by atomic mass is 10.1. The molecule has 0 fully saturated rings. The molecule has 1 heterocycles. The van der Waals surface area contributed by atoms with Crippen molar-refractivity contribution in [2.45, 2.75) is 39.8 Å². The topological polar surface area (TPSA) is 63.7 Å². The first-order valence-corrected chi connectivity index (χ1v) is 11.0. The van der Waals surface area contributed by atoms with Gasteiger partial charge in [-0.1, -0.05) is 6.07 Å². The van der Waals surface area contributed by atoms with E-state index in [2.05, 4.69) is 0 Å². The molecule has 1 unspecified atom stereocenters. The van der Waals surface area contributed by atoms with Crippen LogP contribution in [0.15, 0.2) is 53.9 Å². The van der Waals surface area contributed by atoms with Crippen molar-refractivity contribution in [3.8, 4) is 5.75 Å². The van der Waals surface area contributed by atoms with E-state index < -0.39 is 15.9 Å². The summed E-state index contributed by atoms with van der Waals surface area (Å²) in [6, 6.07) is 12.1. The molecule has 0 radical (unpaired) electrons. The second-order valence-corrected chi connectivity index (χ2v) is 9.29. The lowest BCUT2D eigenvalue weighted by molar-refractivity contribution is 0.0983. The molecule has 0 saturated carbocycles. The Labute approximate surface area is 166 Å². The number of hydrogen-bond donors (Lipinski definition) is 0. The molecule has 6 heteroatoms. The van der Waals surface area contributed by atoms with E-state index in [-0.39, 0.29) is 17.8 Å². The maximum atomic E-state index is 13.3. The number of anilines is 1. The molecule has 148 valence electrons. The Hall–Kier alpha value is -2.60. The van der Waals surface area contributed by atoms with Gasteiger partial charge >= 0.3 is 0 Å². The lowest BCUT2D eigenvalue weighted by Crippen LogP contribution is -2.41. The summed E-state index contributed by atoms with van der Waals surface area (Å²) >= 11 is 0. The Kier molecular flexibility index (Phi) is 5.61. The van der Waals surface area contributed by atoms with Crippen molar-refractivity contribution in [3.63, 3.8) is 0 Å². The van der Waals surface area contributed by atoms with Gasteiger partial charge in [-0.2, -0.15) is 0 Å². The highest BCUT2D eigenvalue weighted by Gasteiger charge is 2.32. The van der Waals surface area contributed by atoms with E-state index in [0.29, 0.717) is 17.0 Å². The molecular formula is C22H25NO4S. The van der Waals surface area contributed by atoms with Gasteiger partial charge in [-0.25, -0.2) is 8.42 Å². The van der Waals surface area contributed by atoms with Crippen LogP contribution in [0.2, 0.25) is 0 Å². The summed E-state index contributed by atoms with van der Waals surface area (Å²) < 4.78 is 29.6. The fourth-order valence-corrected chi connectivity index (χ4v) is 4.41. The van der Waals surface area contributed by atoms with Gasteiger partial charge in [0.2, 0.25) is 0 Å². The van der Waals surface area contributed by atoms with Crippen LogP contribution in [0, 0.1) is 13.8 Å². The largest absolute Gasteiger partial charge is 0.491 e. The van der Waals surface area contributed by atoms with Gasteiger partial charge in [0.05, 0.1) is 17.9 Å². The number of carbonyl (C=O) groups excluding carboxylic acids is 1. The van der Waals surface area contributed by atoms with Gasteiger partial charge in [0.1, 0.15) is 5.75 Å². The highest BCUT2D eigenvalue weighted by molar-refractivity contribution is 7.94. The highest BCUT2D eigenvalue weighted by Crippen LogP contribution is 2.27. The Bertz CT molecular complexity index is 1010. The maximum absolute atomic E-state index is 13.3. The van der Waals surface area contributed by atoms with Crippen LogP contribution < -0.4 is 9.64 Å². The number of benzene rings is 2. The minimum atomic E-state index is -3.30. The summed E-state index contributed by atoms with van der Waals surface area (Å²) in [7, 11) is -3.30. The van der Waals surface area contributed by atoms with Gasteiger partial charge < -0.3 is 9.64 Å². The Morgan fingerprint density at radius 3 is 2.29 bits per heavy atom. The van der Waals surface area contributed by atoms with Gasteiger partial charge in [-0.3, -0.25) is 4.79 Å². The molecule has 1 aliphatic heterocycles. The van der Waals surface area contributed by atoms with E-state index >= 15 is 0 Å². The second kappa shape index (κ2) is 7.80. The third kappa shape index (κ3) is 4.44. The number of ether oxygens (including phenoxy) is 1. The molecule has 0 bridgehead atoms. The number of nitrogens with zero attached hydrogens (tertiary/aromatic N) is 1. The van der Waals surface area contributed by atoms with Crippen molar-refractivity contribution in [1.82, 2.24) is 0 Å². The average Bonchev–Trinajstić information content (AvgIpc) is 2.97. The minimum absolute atomic E-state index is 0.0439. The van der Waals surface area contributed by atoms with E-state index in [1.165, 1.54) is 5.41 Å². The number of hydrogen-bond acceptors (Lipinski definition) is 4. The monoisotopic (exact) mass is 399 g/mol. The summed E-state index contributed by atoms with van der Waals surface area (Å²) in [6.45, 7) is 7.85. The predicted octanol–water partition coefficient (Wildman–Crippen LogP) is 4.05. The quantitative estimate of drug-likeness (QED) is 0.761. The number of rotatable bonds is 5. The molecule has 28 heavy (non-hydrogen) atoms. The third-order valence-corrected chi connectivity index (χ3v) is 6.08. The first-order valence-electron chi connectivity index (χ1n) is 9.25. The summed E-state index contributed by atoms with van der Waals surface area (Å²) in [5, 5.41) is 1.19. The molecule has 2 aromatic rings. The average molecular weight is 400 g/mol. The molecule has 1 aliphatic rings. The van der Waals surface area contributed by atoms with Crippen molar-refractivity contribution >= 4 is 21.4 Å². The lowest BCUT2D eigenvalue weighted by Gasteiger charge is -2.28. The number of carbonyl (C=O) groups is 1. The third-order valence-electron chi connectivity index (χ3n) is 4.70. The van der Waals surface area contributed by atoms with Gasteiger partial charge in [0.15, 0.2) is 9.84 Å². The van der Waals surface area contributed by atoms with E-state index in [1.54, 1.807) is 35.2 Å². The predicted molar refractivity (Wildman–Crippen MR) is 112 cm³/mol. The van der Waals surface area contributed by atoms with Gasteiger partial charge in [-0.15, -0.1) is 0 Å². The molecule has 3 rings (SSSR count). The highest BCUT2D eigenvalue weighted by atomic mass is 32.2. The number of sulfone groups is 1. The van der Waals surface area contributed by atoms with Crippen LogP contribution in [0.25, 0.3) is 0 Å². The summed E-state index contributed by atoms with van der Waals surface area (Å²) in [5.74, 6) is 0.332. The SMILES string of the molecule is Cc1ccc(N(C(=O)c2ccc(OC(C)C)cc2)C2C=CS(=O)(=O)C2)cc1C. The molecule has 0 spiro atoms. The molecule has 0 aliphatic carbocycles. The van der Waals surface area contributed by atoms with Crippen molar-refractivity contribution < 1.29 is 17.9 Å². The van der Waals surface area contributed by atoms with Crippen LogP contribution in [0.4, 0.5) is 5.69 Å². The smallest absolute Gasteiger partial charge is 0.258 e. The standard InChI is InChI=1S/C22H25NO4S/c1-15(2)27-21-9-6-18(7-10-21)22(24)23(20-11-12-28(25,26)14-20)19-8-5-16(3)17(4)13-19/h5-13,15,20H,14H2,1-4H3. The van der Waals surface area contributed by atoms with Crippen molar-refractivity contribution in [1.29, 1.82) is 0 Å². The molecule has 0 saturated heterocycles. The molecule has 1 amide bonds. The summed E-state index contributed by atoms with van der Waals surface area (Å²) in [5.41, 5.74) is 3.32. The van der Waals surface area contributed by atoms with Crippen LogP contribution in [-0.2, 0) is 9.84 Å². The van der Waals surface area contributed by atoms with Crippen LogP contribution in [0.1, 0.15) is 35.3 Å². The molecule has 0 N–H and O–H groups in total. The van der Waals surface area contributed by atoms with Crippen LogP contribution >= 0.6 is 0 Å². The van der Waals surface area contributed by atoms with Crippen LogP contribution in [-0.4, -0.2) is 32.2 Å². The zero-order chi connectivity index (χ0) is 20.5. The van der Waals surface area contributed by atoms with Crippen LogP contribution in [0.5, 0.6) is 5.75 Å². The first kappa shape index (κ1) is 20.1. The van der Waals surface area contributed by atoms with Gasteiger partial charge in [-0.05, 0) is 81.3 Å².